The highest BCUT2D eigenvalue weighted by molar-refractivity contribution is 5.92. The molecule has 1 amide bonds. The molecule has 1 aliphatic rings. The molecule has 1 aliphatic carbocycles. The first-order chi connectivity index (χ1) is 12.2. The molecule has 0 bridgehead atoms. The van der Waals surface area contributed by atoms with Gasteiger partial charge in [0.2, 0.25) is 0 Å². The highest BCUT2D eigenvalue weighted by atomic mass is 16.5. The van der Waals surface area contributed by atoms with Gasteiger partial charge in [0.15, 0.2) is 11.5 Å². The SMILES string of the molecule is O=C(NCCn1nc(-c2ccco2)ccc1=O)c1cc(C2CC2)on1. The van der Waals surface area contributed by atoms with Gasteiger partial charge in [0, 0.05) is 24.6 Å². The van der Waals surface area contributed by atoms with Crippen LogP contribution in [0.3, 0.4) is 0 Å². The fourth-order valence-corrected chi connectivity index (χ4v) is 2.49. The van der Waals surface area contributed by atoms with Crippen LogP contribution in [0.15, 0.2) is 50.3 Å². The molecule has 25 heavy (non-hydrogen) atoms. The molecule has 3 aromatic rings. The summed E-state index contributed by atoms with van der Waals surface area (Å²) in [5.41, 5.74) is 0.565. The number of furan rings is 1. The number of aromatic nitrogens is 3. The monoisotopic (exact) mass is 340 g/mol. The quantitative estimate of drug-likeness (QED) is 0.734. The summed E-state index contributed by atoms with van der Waals surface area (Å²) in [4.78, 5) is 24.0. The second kappa shape index (κ2) is 6.39. The third-order valence-corrected chi connectivity index (χ3v) is 3.99. The number of hydrogen-bond donors (Lipinski definition) is 1. The average molecular weight is 340 g/mol. The van der Waals surface area contributed by atoms with E-state index in [9.17, 15) is 9.59 Å². The minimum Gasteiger partial charge on any atom is -0.463 e. The minimum atomic E-state index is -0.328. The molecule has 3 heterocycles. The zero-order valence-electron chi connectivity index (χ0n) is 13.3. The van der Waals surface area contributed by atoms with Crippen LogP contribution in [0.5, 0.6) is 0 Å². The normalized spacial score (nSPS) is 13.8. The van der Waals surface area contributed by atoms with Crippen molar-refractivity contribution in [3.63, 3.8) is 0 Å². The Balaban J connectivity index is 1.38. The second-order valence-corrected chi connectivity index (χ2v) is 5.90. The van der Waals surface area contributed by atoms with E-state index in [0.717, 1.165) is 18.6 Å². The summed E-state index contributed by atoms with van der Waals surface area (Å²) in [6.45, 7) is 0.491. The van der Waals surface area contributed by atoms with Crippen LogP contribution in [-0.2, 0) is 6.54 Å². The number of carbonyl (C=O) groups excluding carboxylic acids is 1. The maximum atomic E-state index is 12.1. The molecule has 0 spiro atoms. The predicted molar refractivity (Wildman–Crippen MR) is 87.0 cm³/mol. The molecule has 128 valence electrons. The Bertz CT molecular complexity index is 938. The Hall–Kier alpha value is -3.16. The maximum Gasteiger partial charge on any atom is 0.273 e. The molecule has 0 radical (unpaired) electrons. The summed E-state index contributed by atoms with van der Waals surface area (Å²) < 4.78 is 11.7. The van der Waals surface area contributed by atoms with Gasteiger partial charge < -0.3 is 14.3 Å². The lowest BCUT2D eigenvalue weighted by atomic mass is 10.3. The van der Waals surface area contributed by atoms with Gasteiger partial charge in [-0.3, -0.25) is 9.59 Å². The van der Waals surface area contributed by atoms with E-state index < -0.39 is 0 Å². The van der Waals surface area contributed by atoms with Crippen LogP contribution in [0, 0.1) is 0 Å². The standard InChI is InChI=1S/C17H16N4O4/c22-16-6-5-12(14-2-1-9-24-14)19-21(16)8-7-18-17(23)13-10-15(25-20-13)11-3-4-11/h1-2,5-6,9-11H,3-4,7-8H2,(H,18,23). The molecule has 4 rings (SSSR count). The number of carbonyl (C=O) groups is 1. The minimum absolute atomic E-state index is 0.243. The average Bonchev–Trinajstić information content (AvgIpc) is 3.13. The van der Waals surface area contributed by atoms with Gasteiger partial charge in [-0.05, 0) is 31.0 Å². The van der Waals surface area contributed by atoms with E-state index in [-0.39, 0.29) is 30.2 Å². The number of nitrogens with one attached hydrogen (secondary N) is 1. The fourth-order valence-electron chi connectivity index (χ4n) is 2.49. The molecular weight excluding hydrogens is 324 g/mol. The fraction of sp³-hybridized carbons (Fsp3) is 0.294. The van der Waals surface area contributed by atoms with Crippen LogP contribution >= 0.6 is 0 Å². The molecule has 1 fully saturated rings. The molecule has 3 aromatic heterocycles. The first-order valence-electron chi connectivity index (χ1n) is 8.07. The molecule has 0 atom stereocenters. The molecule has 0 aliphatic heterocycles. The molecule has 0 unspecified atom stereocenters. The zero-order chi connectivity index (χ0) is 17.2. The topological polar surface area (TPSA) is 103 Å². The lowest BCUT2D eigenvalue weighted by Crippen LogP contribution is -2.32. The van der Waals surface area contributed by atoms with Crippen LogP contribution in [-0.4, -0.2) is 27.4 Å². The third kappa shape index (κ3) is 3.37. The summed E-state index contributed by atoms with van der Waals surface area (Å²) in [5, 5.41) is 10.7. The van der Waals surface area contributed by atoms with Gasteiger partial charge in [0.05, 0.1) is 12.8 Å². The van der Waals surface area contributed by atoms with E-state index in [4.69, 9.17) is 8.94 Å². The van der Waals surface area contributed by atoms with E-state index in [0.29, 0.717) is 17.4 Å². The molecule has 8 heteroatoms. The smallest absolute Gasteiger partial charge is 0.273 e. The number of rotatable bonds is 6. The van der Waals surface area contributed by atoms with Crippen molar-refractivity contribution in [1.29, 1.82) is 0 Å². The molecular formula is C17H16N4O4. The van der Waals surface area contributed by atoms with Crippen molar-refractivity contribution in [2.45, 2.75) is 25.3 Å². The highest BCUT2D eigenvalue weighted by Crippen LogP contribution is 2.40. The Labute approximate surface area is 142 Å². The lowest BCUT2D eigenvalue weighted by molar-refractivity contribution is 0.0942. The van der Waals surface area contributed by atoms with Crippen molar-refractivity contribution in [3.8, 4) is 11.5 Å². The van der Waals surface area contributed by atoms with Gasteiger partial charge >= 0.3 is 0 Å². The molecule has 1 saturated carbocycles. The van der Waals surface area contributed by atoms with Crippen LogP contribution in [0.4, 0.5) is 0 Å². The van der Waals surface area contributed by atoms with Gasteiger partial charge in [-0.2, -0.15) is 5.10 Å². The lowest BCUT2D eigenvalue weighted by Gasteiger charge is -2.06. The Morgan fingerprint density at radius 1 is 1.32 bits per heavy atom. The van der Waals surface area contributed by atoms with Gasteiger partial charge in [-0.25, -0.2) is 4.68 Å². The Morgan fingerprint density at radius 3 is 2.96 bits per heavy atom. The first kappa shape index (κ1) is 15.4. The summed E-state index contributed by atoms with van der Waals surface area (Å²) in [5.74, 6) is 1.41. The third-order valence-electron chi connectivity index (χ3n) is 3.99. The van der Waals surface area contributed by atoms with Gasteiger partial charge in [-0.15, -0.1) is 0 Å². The van der Waals surface area contributed by atoms with Crippen molar-refractivity contribution in [3.05, 3.63) is 58.4 Å². The number of hydrogen-bond acceptors (Lipinski definition) is 6. The van der Waals surface area contributed by atoms with E-state index in [1.165, 1.54) is 10.7 Å². The Kier molecular flexibility index (Phi) is 3.93. The van der Waals surface area contributed by atoms with Crippen LogP contribution < -0.4 is 10.9 Å². The summed E-state index contributed by atoms with van der Waals surface area (Å²) in [6.07, 6.45) is 3.70. The number of nitrogens with zero attached hydrogens (tertiary/aromatic N) is 3. The van der Waals surface area contributed by atoms with E-state index in [1.54, 1.807) is 30.5 Å². The molecule has 0 aromatic carbocycles. The molecule has 1 N–H and O–H groups in total. The zero-order valence-corrected chi connectivity index (χ0v) is 13.3. The van der Waals surface area contributed by atoms with E-state index in [2.05, 4.69) is 15.6 Å². The summed E-state index contributed by atoms with van der Waals surface area (Å²) in [7, 11) is 0. The van der Waals surface area contributed by atoms with Crippen LogP contribution in [0.1, 0.15) is 35.0 Å². The van der Waals surface area contributed by atoms with Crippen molar-refractivity contribution in [2.75, 3.05) is 6.54 Å². The van der Waals surface area contributed by atoms with Crippen molar-refractivity contribution in [2.24, 2.45) is 0 Å². The Morgan fingerprint density at radius 2 is 2.20 bits per heavy atom. The van der Waals surface area contributed by atoms with E-state index >= 15 is 0 Å². The van der Waals surface area contributed by atoms with Gasteiger partial charge in [0.25, 0.3) is 11.5 Å². The van der Waals surface area contributed by atoms with Crippen LogP contribution in [0.25, 0.3) is 11.5 Å². The molecule has 8 nitrogen and oxygen atoms in total. The largest absolute Gasteiger partial charge is 0.463 e. The summed E-state index contributed by atoms with van der Waals surface area (Å²) in [6, 6.07) is 8.22. The van der Waals surface area contributed by atoms with Crippen molar-refractivity contribution < 1.29 is 13.7 Å². The van der Waals surface area contributed by atoms with Crippen LogP contribution in [0.2, 0.25) is 0 Å². The maximum absolute atomic E-state index is 12.1. The van der Waals surface area contributed by atoms with Gasteiger partial charge in [0.1, 0.15) is 11.5 Å². The van der Waals surface area contributed by atoms with Gasteiger partial charge in [-0.1, -0.05) is 5.16 Å². The van der Waals surface area contributed by atoms with Crippen molar-refractivity contribution >= 4 is 5.91 Å². The molecule has 0 saturated heterocycles. The van der Waals surface area contributed by atoms with E-state index in [1.807, 2.05) is 0 Å². The summed E-state index contributed by atoms with van der Waals surface area (Å²) >= 11 is 0. The predicted octanol–water partition coefficient (Wildman–Crippen LogP) is 1.80. The highest BCUT2D eigenvalue weighted by Gasteiger charge is 2.28. The second-order valence-electron chi connectivity index (χ2n) is 5.90. The first-order valence-corrected chi connectivity index (χ1v) is 8.07. The van der Waals surface area contributed by atoms with Crippen molar-refractivity contribution in [1.82, 2.24) is 20.3 Å². The number of amides is 1.